The minimum Gasteiger partial charge on any atom is -0.497 e. The number of hydrogen-bond acceptors (Lipinski definition) is 7. The number of benzene rings is 1. The van der Waals surface area contributed by atoms with E-state index in [-0.39, 0.29) is 19.0 Å². The lowest BCUT2D eigenvalue weighted by Gasteiger charge is -2.24. The minimum absolute atomic E-state index is 0.139. The summed E-state index contributed by atoms with van der Waals surface area (Å²) in [4.78, 5) is 13.6. The highest BCUT2D eigenvalue weighted by atomic mass is 16.5. The molecule has 0 radical (unpaired) electrons. The summed E-state index contributed by atoms with van der Waals surface area (Å²) >= 11 is 0. The first-order chi connectivity index (χ1) is 13.1. The molecule has 0 aliphatic rings. The van der Waals surface area contributed by atoms with Crippen molar-refractivity contribution in [3.05, 3.63) is 48.4 Å². The van der Waals surface area contributed by atoms with Crippen LogP contribution in [0.3, 0.4) is 0 Å². The van der Waals surface area contributed by atoms with Crippen LogP contribution in [0.2, 0.25) is 0 Å². The first kappa shape index (κ1) is 20.8. The van der Waals surface area contributed by atoms with Crippen LogP contribution in [0.15, 0.2) is 47.1 Å². The van der Waals surface area contributed by atoms with Gasteiger partial charge in [0.05, 0.1) is 32.9 Å². The Morgan fingerprint density at radius 2 is 1.96 bits per heavy atom. The fourth-order valence-electron chi connectivity index (χ4n) is 2.56. The van der Waals surface area contributed by atoms with Crippen molar-refractivity contribution in [3.63, 3.8) is 0 Å². The number of methoxy groups -OCH3 is 1. The topological polar surface area (TPSA) is 81.4 Å². The molecule has 0 saturated heterocycles. The number of esters is 1. The normalized spacial score (nSPS) is 12.0. The van der Waals surface area contributed by atoms with Crippen molar-refractivity contribution in [1.29, 1.82) is 0 Å². The third-order valence-electron chi connectivity index (χ3n) is 3.87. The maximum absolute atomic E-state index is 11.6. The highest BCUT2D eigenvalue weighted by Crippen LogP contribution is 2.17. The van der Waals surface area contributed by atoms with E-state index in [1.807, 2.05) is 17.0 Å². The second kappa shape index (κ2) is 11.3. The number of carbonyl (C=O) groups excluding carboxylic acids is 1. The number of rotatable bonds is 12. The lowest BCUT2D eigenvalue weighted by Crippen LogP contribution is -2.36. The molecule has 1 heterocycles. The first-order valence-corrected chi connectivity index (χ1v) is 8.96. The van der Waals surface area contributed by atoms with Gasteiger partial charge in [-0.3, -0.25) is 9.69 Å². The summed E-state index contributed by atoms with van der Waals surface area (Å²) in [5.41, 5.74) is 0. The van der Waals surface area contributed by atoms with Crippen molar-refractivity contribution in [2.24, 2.45) is 0 Å². The van der Waals surface area contributed by atoms with Crippen LogP contribution in [-0.4, -0.2) is 55.5 Å². The Labute approximate surface area is 159 Å². The van der Waals surface area contributed by atoms with Gasteiger partial charge in [-0.2, -0.15) is 0 Å². The van der Waals surface area contributed by atoms with E-state index in [1.54, 1.807) is 44.6 Å². The first-order valence-electron chi connectivity index (χ1n) is 8.96. The molecular weight excluding hydrogens is 350 g/mol. The Balaban J connectivity index is 1.84. The Kier molecular flexibility index (Phi) is 8.67. The van der Waals surface area contributed by atoms with E-state index >= 15 is 0 Å². The molecule has 7 heteroatoms. The van der Waals surface area contributed by atoms with Gasteiger partial charge in [-0.15, -0.1) is 0 Å². The van der Waals surface area contributed by atoms with Gasteiger partial charge in [0.25, 0.3) is 0 Å². The van der Waals surface area contributed by atoms with E-state index in [0.29, 0.717) is 32.0 Å². The van der Waals surface area contributed by atoms with Gasteiger partial charge in [0.2, 0.25) is 0 Å². The fraction of sp³-hybridized carbons (Fsp3) is 0.450. The molecular formula is C20H27NO6. The Morgan fingerprint density at radius 3 is 2.59 bits per heavy atom. The van der Waals surface area contributed by atoms with Gasteiger partial charge < -0.3 is 23.7 Å². The zero-order valence-electron chi connectivity index (χ0n) is 15.8. The van der Waals surface area contributed by atoms with E-state index in [9.17, 15) is 9.90 Å². The number of furan rings is 1. The molecule has 1 atom stereocenters. The van der Waals surface area contributed by atoms with Gasteiger partial charge >= 0.3 is 5.97 Å². The van der Waals surface area contributed by atoms with E-state index in [1.165, 1.54) is 0 Å². The van der Waals surface area contributed by atoms with E-state index < -0.39 is 6.10 Å². The predicted molar refractivity (Wildman–Crippen MR) is 99.7 cm³/mol. The van der Waals surface area contributed by atoms with Crippen LogP contribution in [0, 0.1) is 0 Å². The third-order valence-corrected chi connectivity index (χ3v) is 3.87. The van der Waals surface area contributed by atoms with Gasteiger partial charge in [-0.1, -0.05) is 0 Å². The Hall–Kier alpha value is -2.51. The van der Waals surface area contributed by atoms with Crippen molar-refractivity contribution in [3.8, 4) is 11.5 Å². The number of aliphatic hydroxyl groups excluding tert-OH is 1. The van der Waals surface area contributed by atoms with Gasteiger partial charge in [0, 0.05) is 13.1 Å². The summed E-state index contributed by atoms with van der Waals surface area (Å²) in [7, 11) is 1.60. The Morgan fingerprint density at radius 1 is 1.22 bits per heavy atom. The smallest absolute Gasteiger partial charge is 0.307 e. The average molecular weight is 377 g/mol. The molecule has 1 N–H and O–H groups in total. The molecule has 0 bridgehead atoms. The van der Waals surface area contributed by atoms with Gasteiger partial charge in [-0.25, -0.2) is 0 Å². The number of ether oxygens (including phenoxy) is 3. The summed E-state index contributed by atoms with van der Waals surface area (Å²) in [6.45, 7) is 3.57. The second-order valence-electron chi connectivity index (χ2n) is 6.01. The third kappa shape index (κ3) is 7.72. The number of aliphatic hydroxyl groups is 1. The zero-order valence-corrected chi connectivity index (χ0v) is 15.8. The van der Waals surface area contributed by atoms with E-state index in [4.69, 9.17) is 18.6 Å². The maximum Gasteiger partial charge on any atom is 0.307 e. The molecule has 1 aromatic carbocycles. The maximum atomic E-state index is 11.6. The molecule has 0 spiro atoms. The zero-order chi connectivity index (χ0) is 19.5. The summed E-state index contributed by atoms with van der Waals surface area (Å²) in [6.07, 6.45) is 1.13. The SMILES string of the molecule is CCOC(=O)CCN(Cc1ccco1)CC(O)COc1ccc(OC)cc1. The molecule has 0 saturated carbocycles. The summed E-state index contributed by atoms with van der Waals surface area (Å²) in [5, 5.41) is 10.3. The molecule has 7 nitrogen and oxygen atoms in total. The molecule has 0 amide bonds. The quantitative estimate of drug-likeness (QED) is 0.569. The van der Waals surface area contributed by atoms with Crippen LogP contribution in [0.4, 0.5) is 0 Å². The van der Waals surface area contributed by atoms with Crippen LogP contribution >= 0.6 is 0 Å². The molecule has 148 valence electrons. The van der Waals surface area contributed by atoms with Crippen LogP contribution in [0.25, 0.3) is 0 Å². The molecule has 27 heavy (non-hydrogen) atoms. The van der Waals surface area contributed by atoms with Crippen molar-refractivity contribution >= 4 is 5.97 Å². The van der Waals surface area contributed by atoms with Crippen LogP contribution in [-0.2, 0) is 16.1 Å². The van der Waals surface area contributed by atoms with Gasteiger partial charge in [0.15, 0.2) is 0 Å². The van der Waals surface area contributed by atoms with Gasteiger partial charge in [-0.05, 0) is 43.3 Å². The highest BCUT2D eigenvalue weighted by Gasteiger charge is 2.16. The van der Waals surface area contributed by atoms with Crippen molar-refractivity contribution in [2.45, 2.75) is 26.0 Å². The summed E-state index contributed by atoms with van der Waals surface area (Å²) in [6, 6.07) is 10.8. The standard InChI is InChI=1S/C20H27NO6/c1-3-25-20(23)10-11-21(14-19-5-4-12-26-19)13-16(22)15-27-18-8-6-17(24-2)7-9-18/h4-9,12,16,22H,3,10-11,13-15H2,1-2H3. The van der Waals surface area contributed by atoms with Crippen LogP contribution < -0.4 is 9.47 Å². The van der Waals surface area contributed by atoms with Crippen molar-refractivity contribution in [2.75, 3.05) is 33.4 Å². The number of hydrogen-bond donors (Lipinski definition) is 1. The molecule has 2 aromatic rings. The van der Waals surface area contributed by atoms with E-state index in [0.717, 1.165) is 11.5 Å². The van der Waals surface area contributed by atoms with Crippen molar-refractivity contribution < 1.29 is 28.5 Å². The fourth-order valence-corrected chi connectivity index (χ4v) is 2.56. The monoisotopic (exact) mass is 377 g/mol. The lowest BCUT2D eigenvalue weighted by atomic mass is 10.2. The molecule has 1 aromatic heterocycles. The minimum atomic E-state index is -0.718. The molecule has 0 aliphatic carbocycles. The lowest BCUT2D eigenvalue weighted by molar-refractivity contribution is -0.143. The van der Waals surface area contributed by atoms with Crippen LogP contribution in [0.1, 0.15) is 19.1 Å². The molecule has 1 unspecified atom stereocenters. The van der Waals surface area contributed by atoms with E-state index in [2.05, 4.69) is 0 Å². The highest BCUT2D eigenvalue weighted by molar-refractivity contribution is 5.69. The van der Waals surface area contributed by atoms with Crippen LogP contribution in [0.5, 0.6) is 11.5 Å². The summed E-state index contributed by atoms with van der Waals surface area (Å²) < 4.78 is 21.1. The average Bonchev–Trinajstić information content (AvgIpc) is 3.18. The second-order valence-corrected chi connectivity index (χ2v) is 6.01. The van der Waals surface area contributed by atoms with Gasteiger partial charge in [0.1, 0.15) is 30.0 Å². The summed E-state index contributed by atoms with van der Waals surface area (Å²) in [5.74, 6) is 1.90. The molecule has 0 fully saturated rings. The van der Waals surface area contributed by atoms with Crippen molar-refractivity contribution in [1.82, 2.24) is 4.90 Å². The Bertz CT molecular complexity index is 656. The molecule has 2 rings (SSSR count). The number of carbonyl (C=O) groups is 1. The largest absolute Gasteiger partial charge is 0.497 e. The predicted octanol–water partition coefficient (Wildman–Crippen LogP) is 2.48. The molecule has 0 aliphatic heterocycles. The number of nitrogens with zero attached hydrogens (tertiary/aromatic N) is 1.